The molecule has 126 valence electrons. The molecule has 1 aromatic rings. The molecule has 0 saturated carbocycles. The van der Waals surface area contributed by atoms with Crippen molar-refractivity contribution in [3.63, 3.8) is 0 Å². The summed E-state index contributed by atoms with van der Waals surface area (Å²) in [6, 6.07) is 8.05. The van der Waals surface area contributed by atoms with E-state index in [2.05, 4.69) is 74.4 Å². The Morgan fingerprint density at radius 3 is 1.76 bits per heavy atom. The molecule has 7 heteroatoms. The molecule has 0 unspecified atom stereocenters. The fraction of sp³-hybridized carbons (Fsp3) is 0.111. The first-order chi connectivity index (χ1) is 12.2. The molecule has 0 fully saturated rings. The van der Waals surface area contributed by atoms with Crippen molar-refractivity contribution in [3.8, 4) is 11.8 Å². The van der Waals surface area contributed by atoms with Crippen molar-refractivity contribution in [1.82, 2.24) is 0 Å². The van der Waals surface area contributed by atoms with Crippen molar-refractivity contribution in [2.24, 2.45) is 0 Å². The zero-order valence-corrected chi connectivity index (χ0v) is 14.4. The van der Waals surface area contributed by atoms with Gasteiger partial charge in [-0.3, -0.25) is 0 Å². The Morgan fingerprint density at radius 1 is 1.00 bits per heavy atom. The van der Waals surface area contributed by atoms with Gasteiger partial charge in [0.25, 0.3) is 0 Å². The molecule has 6 nitrogen and oxygen atoms in total. The maximum absolute atomic E-state index is 7.50. The van der Waals surface area contributed by atoms with Crippen molar-refractivity contribution < 1.29 is 43.8 Å². The Balaban J connectivity index is -0.000000114. The SMILES string of the molecule is C=CCO[C](=[Cr])C#Cc1ccc(C)cc1.[C-]#[O+].[C-]#[O+].[C-]#[O+].[C-]#[O+].[C-]#[O+]. The van der Waals surface area contributed by atoms with Crippen molar-refractivity contribution in [2.75, 3.05) is 6.61 Å². The molecule has 0 N–H and O–H groups in total. The summed E-state index contributed by atoms with van der Waals surface area (Å²) in [5.41, 5.74) is 2.21. The second-order valence-corrected chi connectivity index (χ2v) is 3.58. The van der Waals surface area contributed by atoms with Gasteiger partial charge in [0.2, 0.25) is 0 Å². The Labute approximate surface area is 155 Å². The molecule has 0 aliphatic rings. The van der Waals surface area contributed by atoms with Gasteiger partial charge in [-0.1, -0.05) is 0 Å². The van der Waals surface area contributed by atoms with Crippen LogP contribution in [0.15, 0.2) is 36.9 Å². The predicted molar refractivity (Wildman–Crippen MR) is 78.9 cm³/mol. The van der Waals surface area contributed by atoms with Gasteiger partial charge in [-0.2, -0.15) is 0 Å². The second-order valence-electron chi connectivity index (χ2n) is 3.00. The topological polar surface area (TPSA) is 109 Å². The van der Waals surface area contributed by atoms with Crippen LogP contribution in [-0.4, -0.2) is 11.2 Å². The van der Waals surface area contributed by atoms with Crippen molar-refractivity contribution >= 4 is 4.57 Å². The predicted octanol–water partition coefficient (Wildman–Crippen LogP) is 2.04. The van der Waals surface area contributed by atoms with Gasteiger partial charge in [0.15, 0.2) is 0 Å². The van der Waals surface area contributed by atoms with E-state index in [0.717, 1.165) is 5.56 Å². The molecule has 1 aromatic carbocycles. The first kappa shape index (κ1) is 34.0. The molecule has 0 bridgehead atoms. The van der Waals surface area contributed by atoms with E-state index in [4.69, 9.17) is 28.0 Å². The summed E-state index contributed by atoms with van der Waals surface area (Å²) < 4.78 is 43.3. The Hall–Kier alpha value is -2.42. The third kappa shape index (κ3) is 30.1. The Kier molecular flexibility index (Phi) is 51.3. The van der Waals surface area contributed by atoms with Crippen molar-refractivity contribution in [2.45, 2.75) is 6.92 Å². The number of ether oxygens (including phenoxy) is 1. The van der Waals surface area contributed by atoms with Crippen LogP contribution < -0.4 is 0 Å². The summed E-state index contributed by atoms with van der Waals surface area (Å²) in [6.45, 7) is 28.6. The number of hydrogen-bond donors (Lipinski definition) is 0. The standard InChI is InChI=1S/C13H12O.5CO.Cr/c1-3-10-14-11-4-5-13-8-6-12(2)7-9-13;5*1-2;/h3,6-9H,1,10H2,2H3;;;;;;. The molecule has 0 aliphatic carbocycles. The average molecular weight is 376 g/mol. The first-order valence-electron chi connectivity index (χ1n) is 5.61. The van der Waals surface area contributed by atoms with E-state index < -0.39 is 0 Å². The van der Waals surface area contributed by atoms with E-state index in [-0.39, 0.29) is 0 Å². The minimum absolute atomic E-state index is 0.477. The van der Waals surface area contributed by atoms with Crippen LogP contribution >= 0.6 is 0 Å². The van der Waals surface area contributed by atoms with Gasteiger partial charge in [-0.25, -0.2) is 0 Å². The first-order valence-corrected chi connectivity index (χ1v) is 6.24. The molecule has 0 amide bonds. The zero-order chi connectivity index (χ0) is 21.1. The molecular weight excluding hydrogens is 364 g/mol. The molecule has 0 radical (unpaired) electrons. The van der Waals surface area contributed by atoms with Crippen molar-refractivity contribution in [1.29, 1.82) is 0 Å². The molecular formula is C18H12CrO6. The van der Waals surface area contributed by atoms with Gasteiger partial charge in [-0.05, 0) is 0 Å². The van der Waals surface area contributed by atoms with Crippen LogP contribution in [0, 0.1) is 52.0 Å². The summed E-state index contributed by atoms with van der Waals surface area (Å²) in [7, 11) is 0. The average Bonchev–Trinajstić information content (AvgIpc) is 2.73. The fourth-order valence-electron chi connectivity index (χ4n) is 0.931. The Bertz CT molecular complexity index is 575. The van der Waals surface area contributed by atoms with E-state index in [1.54, 1.807) is 6.08 Å². The van der Waals surface area contributed by atoms with Crippen LogP contribution in [0.4, 0.5) is 0 Å². The van der Waals surface area contributed by atoms with Crippen LogP contribution in [0.3, 0.4) is 0 Å². The number of benzene rings is 1. The van der Waals surface area contributed by atoms with E-state index in [1.165, 1.54) is 5.56 Å². The van der Waals surface area contributed by atoms with E-state index in [1.807, 2.05) is 24.3 Å². The van der Waals surface area contributed by atoms with Gasteiger partial charge >= 0.3 is 155 Å². The summed E-state index contributed by atoms with van der Waals surface area (Å²) in [4.78, 5) is 0. The normalized spacial score (nSPS) is 5.72. The van der Waals surface area contributed by atoms with Crippen LogP contribution in [-0.2, 0) is 43.8 Å². The fourth-order valence-corrected chi connectivity index (χ4v) is 1.12. The van der Waals surface area contributed by atoms with Gasteiger partial charge < -0.3 is 0 Å². The van der Waals surface area contributed by atoms with Gasteiger partial charge in [0.1, 0.15) is 0 Å². The van der Waals surface area contributed by atoms with Gasteiger partial charge in [-0.15, -0.1) is 0 Å². The summed E-state index contributed by atoms with van der Waals surface area (Å²) in [5, 5.41) is 0. The molecule has 0 aromatic heterocycles. The molecule has 0 spiro atoms. The summed E-state index contributed by atoms with van der Waals surface area (Å²) >= 11 is 2.77. The van der Waals surface area contributed by atoms with Crippen LogP contribution in [0.1, 0.15) is 11.1 Å². The monoisotopic (exact) mass is 376 g/mol. The third-order valence-corrected chi connectivity index (χ3v) is 2.04. The third-order valence-electron chi connectivity index (χ3n) is 1.69. The second kappa shape index (κ2) is 37.7. The molecule has 0 aliphatic heterocycles. The number of aryl methyl sites for hydroxylation is 1. The van der Waals surface area contributed by atoms with E-state index >= 15 is 0 Å². The van der Waals surface area contributed by atoms with Crippen LogP contribution in [0.2, 0.25) is 0 Å². The number of rotatable bonds is 3. The minimum atomic E-state index is 0.477. The maximum atomic E-state index is 7.50. The zero-order valence-electron chi connectivity index (χ0n) is 13.2. The molecule has 25 heavy (non-hydrogen) atoms. The summed E-state index contributed by atoms with van der Waals surface area (Å²) in [6.07, 6.45) is 1.69. The van der Waals surface area contributed by atoms with Crippen LogP contribution in [0.25, 0.3) is 0 Å². The molecule has 1 rings (SSSR count). The Morgan fingerprint density at radius 2 is 1.40 bits per heavy atom. The number of hydrogen-bond acceptors (Lipinski definition) is 1. The quantitative estimate of drug-likeness (QED) is 0.342. The van der Waals surface area contributed by atoms with Crippen LogP contribution in [0.5, 0.6) is 0 Å². The van der Waals surface area contributed by atoms with Crippen molar-refractivity contribution in [3.05, 3.63) is 81.3 Å². The van der Waals surface area contributed by atoms with Gasteiger partial charge in [0, 0.05) is 0 Å². The molecule has 0 heterocycles. The van der Waals surface area contributed by atoms with E-state index in [0.29, 0.717) is 11.2 Å². The molecule has 0 atom stereocenters. The molecule has 0 saturated heterocycles. The summed E-state index contributed by atoms with van der Waals surface area (Å²) in [5.74, 6) is 5.90. The van der Waals surface area contributed by atoms with E-state index in [9.17, 15) is 0 Å². The van der Waals surface area contributed by atoms with Gasteiger partial charge in [0.05, 0.1) is 0 Å².